The zero-order valence-electron chi connectivity index (χ0n) is 17.0. The second-order valence-electron chi connectivity index (χ2n) is 7.24. The number of anilines is 3. The fourth-order valence-corrected chi connectivity index (χ4v) is 4.71. The van der Waals surface area contributed by atoms with E-state index < -0.39 is 22.0 Å². The van der Waals surface area contributed by atoms with E-state index in [9.17, 15) is 18.0 Å². The van der Waals surface area contributed by atoms with Crippen molar-refractivity contribution < 1.29 is 18.0 Å². The van der Waals surface area contributed by atoms with Crippen molar-refractivity contribution in [1.82, 2.24) is 0 Å². The predicted octanol–water partition coefficient (Wildman–Crippen LogP) is 2.83. The molecular formula is C21H25N3O4S. The zero-order valence-corrected chi connectivity index (χ0v) is 17.8. The summed E-state index contributed by atoms with van der Waals surface area (Å²) in [5.74, 6) is -0.748. The van der Waals surface area contributed by atoms with Crippen LogP contribution in [-0.4, -0.2) is 39.1 Å². The highest BCUT2D eigenvalue weighted by molar-refractivity contribution is 7.92. The van der Waals surface area contributed by atoms with Gasteiger partial charge in [0.1, 0.15) is 12.6 Å². The predicted molar refractivity (Wildman–Crippen MR) is 115 cm³/mol. The second kappa shape index (κ2) is 7.87. The number of carbonyl (C=O) groups is 2. The first-order valence-corrected chi connectivity index (χ1v) is 11.2. The Balaban J connectivity index is 2.07. The molecule has 1 N–H and O–H groups in total. The van der Waals surface area contributed by atoms with Crippen molar-refractivity contribution in [3.8, 4) is 0 Å². The number of aryl methyl sites for hydroxylation is 2. The Bertz CT molecular complexity index is 1070. The van der Waals surface area contributed by atoms with Gasteiger partial charge in [-0.1, -0.05) is 25.1 Å². The summed E-state index contributed by atoms with van der Waals surface area (Å²) in [6.07, 6.45) is 1.36. The van der Waals surface area contributed by atoms with E-state index in [0.29, 0.717) is 17.1 Å². The van der Waals surface area contributed by atoms with Gasteiger partial charge in [0.25, 0.3) is 5.91 Å². The molecule has 29 heavy (non-hydrogen) atoms. The van der Waals surface area contributed by atoms with Crippen LogP contribution in [0.4, 0.5) is 17.1 Å². The zero-order chi connectivity index (χ0) is 21.3. The number of benzene rings is 2. The summed E-state index contributed by atoms with van der Waals surface area (Å²) in [5.41, 5.74) is 3.49. The molecule has 2 aromatic rings. The van der Waals surface area contributed by atoms with E-state index in [1.54, 1.807) is 43.3 Å². The number of amides is 2. The molecule has 8 heteroatoms. The first-order valence-electron chi connectivity index (χ1n) is 9.40. The summed E-state index contributed by atoms with van der Waals surface area (Å²) in [7, 11) is -3.75. The van der Waals surface area contributed by atoms with E-state index in [1.165, 1.54) is 4.90 Å². The molecule has 154 valence electrons. The van der Waals surface area contributed by atoms with Gasteiger partial charge in [0, 0.05) is 0 Å². The molecule has 0 bridgehead atoms. The first-order chi connectivity index (χ1) is 13.6. The van der Waals surface area contributed by atoms with E-state index in [0.717, 1.165) is 21.7 Å². The number of nitrogens with one attached hydrogen (secondary N) is 1. The monoisotopic (exact) mass is 415 g/mol. The second-order valence-corrected chi connectivity index (χ2v) is 9.10. The van der Waals surface area contributed by atoms with Crippen molar-refractivity contribution in [2.75, 3.05) is 27.3 Å². The van der Waals surface area contributed by atoms with Crippen LogP contribution in [0.25, 0.3) is 0 Å². The van der Waals surface area contributed by atoms with Crippen LogP contribution in [0.2, 0.25) is 0 Å². The van der Waals surface area contributed by atoms with Gasteiger partial charge < -0.3 is 5.32 Å². The highest BCUT2D eigenvalue weighted by Crippen LogP contribution is 2.32. The molecule has 1 aliphatic heterocycles. The van der Waals surface area contributed by atoms with Crippen molar-refractivity contribution in [2.24, 2.45) is 0 Å². The molecule has 0 unspecified atom stereocenters. The van der Waals surface area contributed by atoms with Crippen molar-refractivity contribution >= 4 is 38.9 Å². The molecule has 0 spiro atoms. The molecular weight excluding hydrogens is 390 g/mol. The number of para-hydroxylation sites is 2. The third-order valence-corrected chi connectivity index (χ3v) is 6.27. The third-order valence-electron chi connectivity index (χ3n) is 5.09. The Labute approximate surface area is 171 Å². The van der Waals surface area contributed by atoms with Crippen LogP contribution < -0.4 is 14.5 Å². The fourth-order valence-electron chi connectivity index (χ4n) is 3.52. The quantitative estimate of drug-likeness (QED) is 0.814. The maximum Gasteiger partial charge on any atom is 0.251 e. The van der Waals surface area contributed by atoms with Gasteiger partial charge in [0.15, 0.2) is 0 Å². The first kappa shape index (κ1) is 20.9. The molecule has 0 saturated heterocycles. The normalized spacial score (nSPS) is 14.8. The Hall–Kier alpha value is -2.87. The lowest BCUT2D eigenvalue weighted by Gasteiger charge is -2.36. The molecule has 7 nitrogen and oxygen atoms in total. The highest BCUT2D eigenvalue weighted by Gasteiger charge is 2.37. The molecule has 0 radical (unpaired) electrons. The smallest absolute Gasteiger partial charge is 0.251 e. The van der Waals surface area contributed by atoms with Crippen LogP contribution in [-0.2, 0) is 19.6 Å². The van der Waals surface area contributed by atoms with Crippen LogP contribution >= 0.6 is 0 Å². The summed E-state index contributed by atoms with van der Waals surface area (Å²) in [6.45, 7) is 5.44. The molecule has 2 amide bonds. The number of carbonyl (C=O) groups excluding carboxylic acids is 2. The minimum absolute atomic E-state index is 0.156. The van der Waals surface area contributed by atoms with Crippen LogP contribution in [0.1, 0.15) is 24.5 Å². The van der Waals surface area contributed by atoms with Crippen LogP contribution in [0, 0.1) is 13.8 Å². The van der Waals surface area contributed by atoms with Crippen molar-refractivity contribution in [2.45, 2.75) is 33.2 Å². The van der Waals surface area contributed by atoms with Gasteiger partial charge in [0.2, 0.25) is 15.9 Å². The van der Waals surface area contributed by atoms with Gasteiger partial charge in [-0.25, -0.2) is 8.42 Å². The van der Waals surface area contributed by atoms with E-state index in [1.807, 2.05) is 19.9 Å². The summed E-state index contributed by atoms with van der Waals surface area (Å²) in [5, 5.41) is 2.74. The number of hydrogen-bond donors (Lipinski definition) is 1. The summed E-state index contributed by atoms with van der Waals surface area (Å²) in [6, 6.07) is 11.3. The van der Waals surface area contributed by atoms with Gasteiger partial charge in [-0.2, -0.15) is 0 Å². The molecule has 1 atom stereocenters. The molecule has 0 fully saturated rings. The SMILES string of the molecule is CC[C@@H](C(=O)N1CC(=O)Nc2ccccc21)N(c1ccc(C)c(C)c1)S(C)(=O)=O. The van der Waals surface area contributed by atoms with Crippen LogP contribution in [0.5, 0.6) is 0 Å². The lowest BCUT2D eigenvalue weighted by atomic mass is 10.1. The van der Waals surface area contributed by atoms with Crippen LogP contribution in [0.3, 0.4) is 0 Å². The van der Waals surface area contributed by atoms with Crippen molar-refractivity contribution in [3.05, 3.63) is 53.6 Å². The lowest BCUT2D eigenvalue weighted by molar-refractivity contribution is -0.122. The summed E-state index contributed by atoms with van der Waals surface area (Å²) < 4.78 is 26.6. The third kappa shape index (κ3) is 4.12. The van der Waals surface area contributed by atoms with E-state index >= 15 is 0 Å². The van der Waals surface area contributed by atoms with Crippen LogP contribution in [0.15, 0.2) is 42.5 Å². The molecule has 3 rings (SSSR count). The van der Waals surface area contributed by atoms with E-state index in [2.05, 4.69) is 5.32 Å². The average molecular weight is 416 g/mol. The Morgan fingerprint density at radius 1 is 1.17 bits per heavy atom. The van der Waals surface area contributed by atoms with Crippen molar-refractivity contribution in [1.29, 1.82) is 0 Å². The lowest BCUT2D eigenvalue weighted by Crippen LogP contribution is -2.53. The minimum atomic E-state index is -3.75. The molecule has 2 aromatic carbocycles. The topological polar surface area (TPSA) is 86.8 Å². The molecule has 0 aliphatic carbocycles. The molecule has 1 aliphatic rings. The largest absolute Gasteiger partial charge is 0.323 e. The van der Waals surface area contributed by atoms with E-state index in [4.69, 9.17) is 0 Å². The number of rotatable bonds is 5. The molecule has 1 heterocycles. The van der Waals surface area contributed by atoms with Gasteiger partial charge in [-0.15, -0.1) is 0 Å². The summed E-state index contributed by atoms with van der Waals surface area (Å²) >= 11 is 0. The fraction of sp³-hybridized carbons (Fsp3) is 0.333. The molecule has 0 saturated carbocycles. The maximum absolute atomic E-state index is 13.5. The number of hydrogen-bond acceptors (Lipinski definition) is 4. The number of nitrogens with zero attached hydrogens (tertiary/aromatic N) is 2. The molecule has 0 aromatic heterocycles. The van der Waals surface area contributed by atoms with Crippen molar-refractivity contribution in [3.63, 3.8) is 0 Å². The number of fused-ring (bicyclic) bond motifs is 1. The Morgan fingerprint density at radius 3 is 2.48 bits per heavy atom. The standard InChI is InChI=1S/C21H25N3O4S/c1-5-18(24(29(4,27)28)16-11-10-14(2)15(3)12-16)21(26)23-13-20(25)22-17-8-6-7-9-19(17)23/h6-12,18H,5,13H2,1-4H3,(H,22,25)/t18-/m0/s1. The van der Waals surface area contributed by atoms with Gasteiger partial charge in [-0.3, -0.25) is 18.8 Å². The van der Waals surface area contributed by atoms with Gasteiger partial charge in [-0.05, 0) is 55.7 Å². The van der Waals surface area contributed by atoms with Gasteiger partial charge in [0.05, 0.1) is 23.3 Å². The maximum atomic E-state index is 13.5. The Morgan fingerprint density at radius 2 is 1.86 bits per heavy atom. The average Bonchev–Trinajstić information content (AvgIpc) is 2.66. The summed E-state index contributed by atoms with van der Waals surface area (Å²) in [4.78, 5) is 27.0. The highest BCUT2D eigenvalue weighted by atomic mass is 32.2. The number of sulfonamides is 1. The van der Waals surface area contributed by atoms with Gasteiger partial charge >= 0.3 is 0 Å². The Kier molecular flexibility index (Phi) is 5.66. The minimum Gasteiger partial charge on any atom is -0.323 e. The van der Waals surface area contributed by atoms with E-state index in [-0.39, 0.29) is 18.9 Å².